The van der Waals surface area contributed by atoms with Crippen LogP contribution in [0.3, 0.4) is 0 Å². The molecule has 29 heavy (non-hydrogen) atoms. The zero-order chi connectivity index (χ0) is 20.4. The van der Waals surface area contributed by atoms with Gasteiger partial charge in [-0.25, -0.2) is 15.0 Å². The van der Waals surface area contributed by atoms with Crippen molar-refractivity contribution in [1.82, 2.24) is 25.1 Å². The number of anilines is 1. The average molecular weight is 404 g/mol. The van der Waals surface area contributed by atoms with E-state index in [0.717, 1.165) is 11.6 Å². The zero-order valence-electron chi connectivity index (χ0n) is 15.2. The molecule has 3 heterocycles. The monoisotopic (exact) mass is 404 g/mol. The van der Waals surface area contributed by atoms with Crippen molar-refractivity contribution in [2.75, 3.05) is 18.7 Å². The third kappa shape index (κ3) is 4.33. The van der Waals surface area contributed by atoms with Gasteiger partial charge in [0.05, 0.1) is 11.9 Å². The van der Waals surface area contributed by atoms with Gasteiger partial charge in [0, 0.05) is 24.2 Å². The van der Waals surface area contributed by atoms with Gasteiger partial charge in [-0.2, -0.15) is 18.3 Å². The van der Waals surface area contributed by atoms with Crippen LogP contribution in [0.2, 0.25) is 0 Å². The summed E-state index contributed by atoms with van der Waals surface area (Å²) >= 11 is 0. The summed E-state index contributed by atoms with van der Waals surface area (Å²) in [6.45, 7) is 1.91. The second kappa shape index (κ2) is 7.49. The predicted molar refractivity (Wildman–Crippen MR) is 95.4 cm³/mol. The Bertz CT molecular complexity index is 1040. The van der Waals surface area contributed by atoms with Crippen molar-refractivity contribution in [2.45, 2.75) is 19.5 Å². The number of rotatable bonds is 5. The maximum absolute atomic E-state index is 12.9. The molecule has 150 valence electrons. The van der Waals surface area contributed by atoms with E-state index in [2.05, 4.69) is 30.5 Å². The van der Waals surface area contributed by atoms with Gasteiger partial charge in [-0.1, -0.05) is 0 Å². The largest absolute Gasteiger partial charge is 0.454 e. The molecule has 0 saturated carbocycles. The van der Waals surface area contributed by atoms with Crippen LogP contribution in [0.1, 0.15) is 17.2 Å². The van der Waals surface area contributed by atoms with Crippen molar-refractivity contribution in [3.63, 3.8) is 0 Å². The number of nitrogens with one attached hydrogen (secondary N) is 1. The molecule has 2 aromatic heterocycles. The average Bonchev–Trinajstić information content (AvgIpc) is 3.15. The molecule has 1 aliphatic heterocycles. The van der Waals surface area contributed by atoms with Crippen LogP contribution in [0.25, 0.3) is 11.3 Å². The first-order chi connectivity index (χ1) is 13.9. The van der Waals surface area contributed by atoms with Gasteiger partial charge in [0.1, 0.15) is 11.5 Å². The third-order valence-electron chi connectivity index (χ3n) is 4.05. The molecule has 0 fully saturated rings. The number of halogens is 3. The van der Waals surface area contributed by atoms with E-state index in [9.17, 15) is 13.2 Å². The van der Waals surface area contributed by atoms with Gasteiger partial charge in [-0.15, -0.1) is 5.10 Å². The summed E-state index contributed by atoms with van der Waals surface area (Å²) in [6, 6.07) is 6.30. The summed E-state index contributed by atoms with van der Waals surface area (Å²) in [5, 5.41) is 10.7. The molecule has 0 unspecified atom stereocenters. The maximum atomic E-state index is 12.9. The van der Waals surface area contributed by atoms with Gasteiger partial charge in [0.15, 0.2) is 11.5 Å². The minimum absolute atomic E-state index is 0.0877. The topological polar surface area (TPSA) is 94.9 Å². The molecule has 1 N–H and O–H groups in total. The van der Waals surface area contributed by atoms with E-state index >= 15 is 0 Å². The van der Waals surface area contributed by atoms with E-state index in [4.69, 9.17) is 9.47 Å². The quantitative estimate of drug-likeness (QED) is 0.694. The number of aryl methyl sites for hydroxylation is 1. The molecule has 0 radical (unpaired) electrons. The molecule has 0 spiro atoms. The Balaban J connectivity index is 1.44. The molecule has 8 nitrogen and oxygen atoms in total. The number of fused-ring (bicyclic) bond motifs is 1. The summed E-state index contributed by atoms with van der Waals surface area (Å²) in [5.41, 5.74) is 0.628. The highest BCUT2D eigenvalue weighted by Crippen LogP contribution is 2.35. The van der Waals surface area contributed by atoms with E-state index in [1.165, 1.54) is 13.1 Å². The van der Waals surface area contributed by atoms with Gasteiger partial charge in [-0.3, -0.25) is 0 Å². The highest BCUT2D eigenvalue weighted by Gasteiger charge is 2.33. The Morgan fingerprint density at radius 1 is 1.07 bits per heavy atom. The molecular weight excluding hydrogens is 389 g/mol. The van der Waals surface area contributed by atoms with Crippen LogP contribution in [-0.2, 0) is 12.6 Å². The minimum Gasteiger partial charge on any atom is -0.454 e. The van der Waals surface area contributed by atoms with Gasteiger partial charge < -0.3 is 14.8 Å². The second-order valence-electron chi connectivity index (χ2n) is 6.22. The molecule has 1 aliphatic rings. The van der Waals surface area contributed by atoms with E-state index in [1.807, 2.05) is 6.07 Å². The number of aromatic nitrogens is 5. The summed E-state index contributed by atoms with van der Waals surface area (Å²) < 4.78 is 49.3. The number of hydrogen-bond donors (Lipinski definition) is 1. The van der Waals surface area contributed by atoms with Crippen LogP contribution in [-0.4, -0.2) is 38.5 Å². The SMILES string of the molecule is Cc1cc(C(F)(F)F)nc(CCNc2nncc(-c3ccc4c(c3)OCO4)n2)n1. The molecule has 4 rings (SSSR count). The fraction of sp³-hybridized carbons (Fsp3) is 0.278. The van der Waals surface area contributed by atoms with Crippen molar-refractivity contribution in [3.8, 4) is 22.8 Å². The fourth-order valence-corrected chi connectivity index (χ4v) is 2.75. The minimum atomic E-state index is -4.51. The second-order valence-corrected chi connectivity index (χ2v) is 6.22. The van der Waals surface area contributed by atoms with Crippen LogP contribution in [0.5, 0.6) is 11.5 Å². The van der Waals surface area contributed by atoms with Crippen molar-refractivity contribution in [2.24, 2.45) is 0 Å². The van der Waals surface area contributed by atoms with Crippen LogP contribution < -0.4 is 14.8 Å². The van der Waals surface area contributed by atoms with Crippen LogP contribution in [0.15, 0.2) is 30.5 Å². The van der Waals surface area contributed by atoms with Gasteiger partial charge >= 0.3 is 6.18 Å². The number of benzene rings is 1. The van der Waals surface area contributed by atoms with E-state index < -0.39 is 11.9 Å². The summed E-state index contributed by atoms with van der Waals surface area (Å²) in [5.74, 6) is 1.60. The standard InChI is InChI=1S/C18H15F3N6O2/c1-10-6-15(18(19,20)21)26-16(24-10)4-5-22-17-25-12(8-23-27-17)11-2-3-13-14(7-11)29-9-28-13/h2-3,6-8H,4-5,9H2,1H3,(H,22,25,27). The maximum Gasteiger partial charge on any atom is 0.433 e. The highest BCUT2D eigenvalue weighted by molar-refractivity contribution is 5.64. The number of nitrogens with zero attached hydrogens (tertiary/aromatic N) is 5. The van der Waals surface area contributed by atoms with Gasteiger partial charge in [0.2, 0.25) is 12.7 Å². The number of hydrogen-bond acceptors (Lipinski definition) is 8. The van der Waals surface area contributed by atoms with E-state index in [-0.39, 0.29) is 37.2 Å². The lowest BCUT2D eigenvalue weighted by Crippen LogP contribution is -2.15. The first-order valence-corrected chi connectivity index (χ1v) is 8.64. The van der Waals surface area contributed by atoms with E-state index in [0.29, 0.717) is 17.2 Å². The Morgan fingerprint density at radius 2 is 1.90 bits per heavy atom. The molecule has 0 saturated heterocycles. The Morgan fingerprint density at radius 3 is 2.72 bits per heavy atom. The molecule has 0 atom stereocenters. The summed E-state index contributed by atoms with van der Waals surface area (Å²) in [7, 11) is 0. The lowest BCUT2D eigenvalue weighted by atomic mass is 10.1. The lowest BCUT2D eigenvalue weighted by Gasteiger charge is -2.09. The normalized spacial score (nSPS) is 12.8. The molecule has 0 amide bonds. The summed E-state index contributed by atoms with van der Waals surface area (Å²) in [6.07, 6.45) is -2.84. The van der Waals surface area contributed by atoms with Crippen LogP contribution >= 0.6 is 0 Å². The molecule has 1 aromatic carbocycles. The molecule has 0 aliphatic carbocycles. The van der Waals surface area contributed by atoms with Crippen molar-refractivity contribution >= 4 is 5.95 Å². The molecule has 3 aromatic rings. The fourth-order valence-electron chi connectivity index (χ4n) is 2.75. The van der Waals surface area contributed by atoms with Crippen molar-refractivity contribution in [3.05, 3.63) is 47.7 Å². The molecule has 0 bridgehead atoms. The first kappa shape index (κ1) is 18.8. The Hall–Kier alpha value is -3.50. The van der Waals surface area contributed by atoms with E-state index in [1.54, 1.807) is 12.1 Å². The molecule has 11 heteroatoms. The number of alkyl halides is 3. The molecular formula is C18H15F3N6O2. The van der Waals surface area contributed by atoms with Gasteiger partial charge in [0.25, 0.3) is 0 Å². The predicted octanol–water partition coefficient (Wildman–Crippen LogP) is 3.04. The number of ether oxygens (including phenoxy) is 2. The third-order valence-corrected chi connectivity index (χ3v) is 4.05. The Labute approximate surface area is 163 Å². The van der Waals surface area contributed by atoms with Crippen LogP contribution in [0.4, 0.5) is 19.1 Å². The Kier molecular flexibility index (Phi) is 4.87. The smallest absolute Gasteiger partial charge is 0.433 e. The van der Waals surface area contributed by atoms with Gasteiger partial charge in [-0.05, 0) is 31.2 Å². The van der Waals surface area contributed by atoms with Crippen molar-refractivity contribution in [1.29, 1.82) is 0 Å². The van der Waals surface area contributed by atoms with Crippen LogP contribution in [0, 0.1) is 6.92 Å². The highest BCUT2D eigenvalue weighted by atomic mass is 19.4. The first-order valence-electron chi connectivity index (χ1n) is 8.64. The lowest BCUT2D eigenvalue weighted by molar-refractivity contribution is -0.141. The zero-order valence-corrected chi connectivity index (χ0v) is 15.2. The summed E-state index contributed by atoms with van der Waals surface area (Å²) in [4.78, 5) is 12.0. The van der Waals surface area contributed by atoms with Crippen molar-refractivity contribution < 1.29 is 22.6 Å².